The number of amides is 1. The number of esters is 1. The third kappa shape index (κ3) is 3.42. The summed E-state index contributed by atoms with van der Waals surface area (Å²) in [5.74, 6) is -0.421. The number of hydrogen-bond donors (Lipinski definition) is 0. The maximum absolute atomic E-state index is 12.2. The summed E-state index contributed by atoms with van der Waals surface area (Å²) in [4.78, 5) is 29.2. The van der Waals surface area contributed by atoms with Crippen LogP contribution in [0.25, 0.3) is 0 Å². The minimum atomic E-state index is -0.339. The first-order valence-electron chi connectivity index (χ1n) is 7.52. The molecule has 0 saturated carbocycles. The number of ether oxygens (including phenoxy) is 1. The first kappa shape index (κ1) is 15.7. The lowest BCUT2D eigenvalue weighted by Crippen LogP contribution is -2.22. The van der Waals surface area contributed by atoms with E-state index in [0.717, 1.165) is 19.3 Å². The molecule has 0 spiro atoms. The van der Waals surface area contributed by atoms with Crippen molar-refractivity contribution in [2.24, 2.45) is 0 Å². The highest BCUT2D eigenvalue weighted by molar-refractivity contribution is 7.14. The van der Waals surface area contributed by atoms with Gasteiger partial charge < -0.3 is 4.74 Å². The zero-order chi connectivity index (χ0) is 16.4. The second kappa shape index (κ2) is 6.50. The Labute approximate surface area is 138 Å². The van der Waals surface area contributed by atoms with Crippen molar-refractivity contribution in [1.82, 2.24) is 4.98 Å². The fourth-order valence-corrected chi connectivity index (χ4v) is 3.39. The van der Waals surface area contributed by atoms with Gasteiger partial charge >= 0.3 is 5.97 Å². The molecule has 0 aliphatic heterocycles. The molecule has 1 amide bonds. The van der Waals surface area contributed by atoms with E-state index in [4.69, 9.17) is 4.74 Å². The largest absolute Gasteiger partial charge is 0.456 e. The normalized spacial score (nSPS) is 12.8. The summed E-state index contributed by atoms with van der Waals surface area (Å²) in [6, 6.07) is 5.77. The lowest BCUT2D eigenvalue weighted by molar-refractivity contribution is -0.116. The number of aromatic nitrogens is 1. The van der Waals surface area contributed by atoms with E-state index in [0.29, 0.717) is 16.4 Å². The molecule has 3 rings (SSSR count). The van der Waals surface area contributed by atoms with Gasteiger partial charge in [0.15, 0.2) is 5.13 Å². The summed E-state index contributed by atoms with van der Waals surface area (Å²) in [5, 5.41) is 2.39. The van der Waals surface area contributed by atoms with E-state index in [1.54, 1.807) is 12.4 Å². The van der Waals surface area contributed by atoms with Gasteiger partial charge in [0.05, 0.1) is 11.3 Å². The Morgan fingerprint density at radius 1 is 1.30 bits per heavy atom. The molecule has 23 heavy (non-hydrogen) atoms. The van der Waals surface area contributed by atoms with Gasteiger partial charge in [0.2, 0.25) is 5.91 Å². The fraction of sp³-hybridized carbons (Fsp3) is 0.353. The summed E-state index contributed by atoms with van der Waals surface area (Å²) >= 11 is 1.35. The van der Waals surface area contributed by atoms with Gasteiger partial charge in [-0.1, -0.05) is 6.07 Å². The Morgan fingerprint density at radius 3 is 2.87 bits per heavy atom. The molecule has 1 aliphatic rings. The average molecular weight is 330 g/mol. The van der Waals surface area contributed by atoms with E-state index < -0.39 is 0 Å². The zero-order valence-electron chi connectivity index (χ0n) is 13.2. The second-order valence-electron chi connectivity index (χ2n) is 5.61. The molecule has 0 atom stereocenters. The van der Waals surface area contributed by atoms with Crippen LogP contribution in [0.4, 0.5) is 5.13 Å². The standard InChI is InChI=1S/C17H18N2O3S/c1-11(20)19(2)17-18-15(10-23-17)9-22-16(21)14-7-6-12-4-3-5-13(12)8-14/h6-8,10H,3-5,9H2,1-2H3. The van der Waals surface area contributed by atoms with E-state index in [1.807, 2.05) is 18.2 Å². The number of carbonyl (C=O) groups is 2. The number of benzene rings is 1. The maximum atomic E-state index is 12.2. The van der Waals surface area contributed by atoms with Crippen LogP contribution < -0.4 is 4.90 Å². The first-order chi connectivity index (χ1) is 11.0. The quantitative estimate of drug-likeness (QED) is 0.809. The van der Waals surface area contributed by atoms with Crippen molar-refractivity contribution in [2.45, 2.75) is 32.8 Å². The molecule has 5 nitrogen and oxygen atoms in total. The molecule has 0 saturated heterocycles. The van der Waals surface area contributed by atoms with E-state index in [1.165, 1.54) is 34.3 Å². The minimum Gasteiger partial charge on any atom is -0.456 e. The average Bonchev–Trinajstić information content (AvgIpc) is 3.19. The maximum Gasteiger partial charge on any atom is 0.338 e. The molecule has 0 unspecified atom stereocenters. The van der Waals surface area contributed by atoms with Crippen molar-refractivity contribution in [3.63, 3.8) is 0 Å². The topological polar surface area (TPSA) is 59.5 Å². The van der Waals surface area contributed by atoms with Crippen molar-refractivity contribution in [3.8, 4) is 0 Å². The van der Waals surface area contributed by atoms with E-state index >= 15 is 0 Å². The van der Waals surface area contributed by atoms with Crippen LogP contribution in [0.2, 0.25) is 0 Å². The van der Waals surface area contributed by atoms with Crippen molar-refractivity contribution in [3.05, 3.63) is 46.0 Å². The number of fused-ring (bicyclic) bond motifs is 1. The van der Waals surface area contributed by atoms with Gasteiger partial charge in [-0.05, 0) is 42.5 Å². The number of anilines is 1. The number of rotatable bonds is 4. The van der Waals surface area contributed by atoms with Gasteiger partial charge in [-0.2, -0.15) is 0 Å². The molecule has 1 aliphatic carbocycles. The molecule has 1 heterocycles. The zero-order valence-corrected chi connectivity index (χ0v) is 14.0. The van der Waals surface area contributed by atoms with Crippen LogP contribution in [-0.2, 0) is 29.0 Å². The van der Waals surface area contributed by atoms with Crippen LogP contribution in [0.3, 0.4) is 0 Å². The number of hydrogen-bond acceptors (Lipinski definition) is 5. The Hall–Kier alpha value is -2.21. The summed E-state index contributed by atoms with van der Waals surface area (Å²) in [6.45, 7) is 1.59. The number of carbonyl (C=O) groups excluding carboxylic acids is 2. The van der Waals surface area contributed by atoms with Gasteiger partial charge in [0.1, 0.15) is 6.61 Å². The second-order valence-corrected chi connectivity index (χ2v) is 6.45. The van der Waals surface area contributed by atoms with Crippen molar-refractivity contribution >= 4 is 28.3 Å². The SMILES string of the molecule is CC(=O)N(C)c1nc(COC(=O)c2ccc3c(c2)CCC3)cs1. The fourth-order valence-electron chi connectivity index (χ4n) is 2.57. The molecule has 6 heteroatoms. The van der Waals surface area contributed by atoms with Crippen LogP contribution in [0, 0.1) is 0 Å². The van der Waals surface area contributed by atoms with Gasteiger partial charge in [-0.3, -0.25) is 9.69 Å². The summed E-state index contributed by atoms with van der Waals surface area (Å²) in [7, 11) is 1.67. The third-order valence-electron chi connectivity index (χ3n) is 3.98. The van der Waals surface area contributed by atoms with Crippen molar-refractivity contribution < 1.29 is 14.3 Å². The number of nitrogens with zero attached hydrogens (tertiary/aromatic N) is 2. The first-order valence-corrected chi connectivity index (χ1v) is 8.40. The third-order valence-corrected chi connectivity index (χ3v) is 4.95. The van der Waals surface area contributed by atoms with Crippen molar-refractivity contribution in [2.75, 3.05) is 11.9 Å². The molecule has 2 aromatic rings. The molecule has 0 radical (unpaired) electrons. The molecule has 0 N–H and O–H groups in total. The van der Waals surface area contributed by atoms with Crippen LogP contribution in [0.1, 0.15) is 40.5 Å². The number of aryl methyl sites for hydroxylation is 2. The van der Waals surface area contributed by atoms with Crippen LogP contribution in [0.5, 0.6) is 0 Å². The van der Waals surface area contributed by atoms with Crippen LogP contribution in [0.15, 0.2) is 23.6 Å². The van der Waals surface area contributed by atoms with Gasteiger partial charge in [-0.25, -0.2) is 9.78 Å². The van der Waals surface area contributed by atoms with Gasteiger partial charge in [0, 0.05) is 19.4 Å². The van der Waals surface area contributed by atoms with Crippen LogP contribution >= 0.6 is 11.3 Å². The molecule has 120 valence electrons. The predicted molar refractivity (Wildman–Crippen MR) is 88.8 cm³/mol. The molecular formula is C17H18N2O3S. The minimum absolute atomic E-state index is 0.0824. The molecular weight excluding hydrogens is 312 g/mol. The highest BCUT2D eigenvalue weighted by Crippen LogP contribution is 2.24. The predicted octanol–water partition coefficient (Wildman–Crippen LogP) is 2.97. The van der Waals surface area contributed by atoms with E-state index in [-0.39, 0.29) is 18.5 Å². The molecule has 1 aromatic carbocycles. The lowest BCUT2D eigenvalue weighted by atomic mass is 10.1. The Morgan fingerprint density at radius 2 is 2.09 bits per heavy atom. The van der Waals surface area contributed by atoms with E-state index in [2.05, 4.69) is 4.98 Å². The van der Waals surface area contributed by atoms with Crippen molar-refractivity contribution in [1.29, 1.82) is 0 Å². The van der Waals surface area contributed by atoms with Gasteiger partial charge in [-0.15, -0.1) is 11.3 Å². The van der Waals surface area contributed by atoms with E-state index in [9.17, 15) is 9.59 Å². The van der Waals surface area contributed by atoms with Gasteiger partial charge in [0.25, 0.3) is 0 Å². The Balaban J connectivity index is 1.62. The monoisotopic (exact) mass is 330 g/mol. The molecule has 1 aromatic heterocycles. The Bertz CT molecular complexity index is 754. The highest BCUT2D eigenvalue weighted by atomic mass is 32.1. The molecule has 0 fully saturated rings. The Kier molecular flexibility index (Phi) is 4.43. The van der Waals surface area contributed by atoms with Crippen LogP contribution in [-0.4, -0.2) is 23.9 Å². The summed E-state index contributed by atoms with van der Waals surface area (Å²) < 4.78 is 5.33. The summed E-state index contributed by atoms with van der Waals surface area (Å²) in [5.41, 5.74) is 3.81. The highest BCUT2D eigenvalue weighted by Gasteiger charge is 2.16. The smallest absolute Gasteiger partial charge is 0.338 e. The number of thiazole rings is 1. The lowest BCUT2D eigenvalue weighted by Gasteiger charge is -2.09. The molecule has 0 bridgehead atoms. The summed E-state index contributed by atoms with van der Waals surface area (Å²) in [6.07, 6.45) is 3.28.